The van der Waals surface area contributed by atoms with Crippen LogP contribution >= 0.6 is 0 Å². The molecule has 0 aliphatic rings. The van der Waals surface area contributed by atoms with Gasteiger partial charge in [-0.25, -0.2) is 4.79 Å². The van der Waals surface area contributed by atoms with Gasteiger partial charge < -0.3 is 20.9 Å². The standard InChI is InChI=1S/C7H12N2O4/c1-13-6(11)2-3-9-4-5(10)7(8)12/h2-3,5,9-10H,4H2,1H3,(H2,8,12)/b3-2+. The monoisotopic (exact) mass is 188 g/mol. The molecule has 4 N–H and O–H groups in total. The molecule has 1 atom stereocenters. The third kappa shape index (κ3) is 5.68. The van der Waals surface area contributed by atoms with Crippen LogP contribution in [0.15, 0.2) is 12.3 Å². The Bertz CT molecular complexity index is 215. The molecule has 1 unspecified atom stereocenters. The van der Waals surface area contributed by atoms with Crippen LogP contribution in [0.25, 0.3) is 0 Å². The lowest BCUT2D eigenvalue weighted by Gasteiger charge is -2.04. The second-order valence-corrected chi connectivity index (χ2v) is 2.18. The summed E-state index contributed by atoms with van der Waals surface area (Å²) in [6.07, 6.45) is 1.12. The molecule has 0 heterocycles. The number of primary amides is 1. The zero-order chi connectivity index (χ0) is 10.3. The molecule has 6 nitrogen and oxygen atoms in total. The van der Waals surface area contributed by atoms with Crippen molar-refractivity contribution in [2.75, 3.05) is 13.7 Å². The highest BCUT2D eigenvalue weighted by molar-refractivity contribution is 5.81. The van der Waals surface area contributed by atoms with Crippen molar-refractivity contribution in [2.45, 2.75) is 6.10 Å². The topological polar surface area (TPSA) is 102 Å². The van der Waals surface area contributed by atoms with E-state index in [1.165, 1.54) is 13.3 Å². The molecule has 0 aliphatic carbocycles. The number of hydrogen-bond acceptors (Lipinski definition) is 5. The molecule has 1 amide bonds. The number of rotatable bonds is 5. The van der Waals surface area contributed by atoms with Crippen LogP contribution in [0.1, 0.15) is 0 Å². The van der Waals surface area contributed by atoms with E-state index in [1.807, 2.05) is 0 Å². The molecule has 0 rings (SSSR count). The Morgan fingerprint density at radius 1 is 1.69 bits per heavy atom. The van der Waals surface area contributed by atoms with Gasteiger partial charge in [0.05, 0.1) is 7.11 Å². The molecule has 0 spiro atoms. The maximum Gasteiger partial charge on any atom is 0.331 e. The van der Waals surface area contributed by atoms with Crippen molar-refractivity contribution in [2.24, 2.45) is 5.73 Å². The minimum Gasteiger partial charge on any atom is -0.466 e. The summed E-state index contributed by atoms with van der Waals surface area (Å²) >= 11 is 0. The maximum absolute atomic E-state index is 10.5. The second kappa shape index (κ2) is 6.01. The Hall–Kier alpha value is -1.56. The van der Waals surface area contributed by atoms with Crippen molar-refractivity contribution in [1.82, 2.24) is 5.32 Å². The van der Waals surface area contributed by atoms with E-state index in [0.717, 1.165) is 6.08 Å². The summed E-state index contributed by atoms with van der Waals surface area (Å²) in [7, 11) is 1.24. The molecule has 0 fully saturated rings. The number of aliphatic hydroxyl groups is 1. The quantitative estimate of drug-likeness (QED) is 0.346. The predicted octanol–water partition coefficient (Wildman–Crippen LogP) is -1.89. The lowest BCUT2D eigenvalue weighted by molar-refractivity contribution is -0.134. The van der Waals surface area contributed by atoms with Gasteiger partial charge in [-0.3, -0.25) is 4.79 Å². The van der Waals surface area contributed by atoms with Crippen LogP contribution < -0.4 is 11.1 Å². The normalized spacial score (nSPS) is 12.5. The number of nitrogens with one attached hydrogen (secondary N) is 1. The zero-order valence-electron chi connectivity index (χ0n) is 7.19. The van der Waals surface area contributed by atoms with Gasteiger partial charge >= 0.3 is 5.97 Å². The first-order valence-electron chi connectivity index (χ1n) is 3.53. The third-order valence-corrected chi connectivity index (χ3v) is 1.18. The second-order valence-electron chi connectivity index (χ2n) is 2.18. The first-order chi connectivity index (χ1) is 6.07. The van der Waals surface area contributed by atoms with E-state index < -0.39 is 18.0 Å². The molecular formula is C7H12N2O4. The number of esters is 1. The summed E-state index contributed by atoms with van der Waals surface area (Å²) < 4.78 is 4.28. The Morgan fingerprint density at radius 2 is 2.31 bits per heavy atom. The number of carbonyl (C=O) groups excluding carboxylic acids is 2. The van der Waals surface area contributed by atoms with Crippen LogP contribution in [0.4, 0.5) is 0 Å². The molecule has 0 saturated heterocycles. The van der Waals surface area contributed by atoms with E-state index in [-0.39, 0.29) is 6.54 Å². The van der Waals surface area contributed by atoms with Crippen molar-refractivity contribution in [3.05, 3.63) is 12.3 Å². The van der Waals surface area contributed by atoms with Crippen molar-refractivity contribution in [3.8, 4) is 0 Å². The van der Waals surface area contributed by atoms with Crippen molar-refractivity contribution in [3.63, 3.8) is 0 Å². The van der Waals surface area contributed by atoms with Crippen molar-refractivity contribution >= 4 is 11.9 Å². The molecule has 74 valence electrons. The smallest absolute Gasteiger partial charge is 0.331 e. The minimum absolute atomic E-state index is 0.0389. The number of nitrogens with two attached hydrogens (primary N) is 1. The Morgan fingerprint density at radius 3 is 2.77 bits per heavy atom. The van der Waals surface area contributed by atoms with Crippen molar-refractivity contribution < 1.29 is 19.4 Å². The number of ether oxygens (including phenoxy) is 1. The van der Waals surface area contributed by atoms with Crippen LogP contribution in [-0.4, -0.2) is 36.7 Å². The number of methoxy groups -OCH3 is 1. The Balaban J connectivity index is 3.61. The van der Waals surface area contributed by atoms with Crippen LogP contribution in [0, 0.1) is 0 Å². The summed E-state index contributed by atoms with van der Waals surface area (Å²) in [5.41, 5.74) is 4.76. The number of amides is 1. The number of carbonyl (C=O) groups is 2. The van der Waals surface area contributed by atoms with Crippen molar-refractivity contribution in [1.29, 1.82) is 0 Å². The average Bonchev–Trinajstić information content (AvgIpc) is 2.11. The Labute approximate surface area is 75.4 Å². The molecule has 0 saturated carbocycles. The van der Waals surface area contributed by atoms with E-state index in [1.54, 1.807) is 0 Å². The molecule has 6 heteroatoms. The molecule has 13 heavy (non-hydrogen) atoms. The first-order valence-corrected chi connectivity index (χ1v) is 3.53. The predicted molar refractivity (Wildman–Crippen MR) is 44.4 cm³/mol. The maximum atomic E-state index is 10.5. The van der Waals surface area contributed by atoms with Gasteiger partial charge in [-0.15, -0.1) is 0 Å². The molecule has 0 bridgehead atoms. The third-order valence-electron chi connectivity index (χ3n) is 1.18. The van der Waals surface area contributed by atoms with Crippen LogP contribution in [0.3, 0.4) is 0 Å². The molecule has 0 aromatic heterocycles. The molecule has 0 aromatic rings. The molecule has 0 radical (unpaired) electrons. The fourth-order valence-electron chi connectivity index (χ4n) is 0.475. The molecule has 0 aromatic carbocycles. The first kappa shape index (κ1) is 11.4. The van der Waals surface area contributed by atoms with Gasteiger partial charge in [0.25, 0.3) is 0 Å². The van der Waals surface area contributed by atoms with E-state index in [2.05, 4.69) is 10.1 Å². The summed E-state index contributed by atoms with van der Waals surface area (Å²) in [4.78, 5) is 20.8. The van der Waals surface area contributed by atoms with Gasteiger partial charge in [-0.1, -0.05) is 0 Å². The van der Waals surface area contributed by atoms with Crippen LogP contribution in [-0.2, 0) is 14.3 Å². The van der Waals surface area contributed by atoms with Gasteiger partial charge in [0.2, 0.25) is 5.91 Å². The summed E-state index contributed by atoms with van der Waals surface area (Å²) in [6.45, 7) is -0.0389. The van der Waals surface area contributed by atoms with Gasteiger partial charge in [0.15, 0.2) is 0 Å². The lowest BCUT2D eigenvalue weighted by atomic mass is 10.3. The van der Waals surface area contributed by atoms with Crippen LogP contribution in [0.2, 0.25) is 0 Å². The number of hydrogen-bond donors (Lipinski definition) is 3. The van der Waals surface area contributed by atoms with Crippen LogP contribution in [0.5, 0.6) is 0 Å². The van der Waals surface area contributed by atoms with E-state index in [4.69, 9.17) is 10.8 Å². The fourth-order valence-corrected chi connectivity index (χ4v) is 0.475. The SMILES string of the molecule is COC(=O)/C=C/NCC(O)C(N)=O. The molecular weight excluding hydrogens is 176 g/mol. The summed E-state index contributed by atoms with van der Waals surface area (Å²) in [5, 5.41) is 11.4. The highest BCUT2D eigenvalue weighted by atomic mass is 16.5. The largest absolute Gasteiger partial charge is 0.466 e. The van der Waals surface area contributed by atoms with Gasteiger partial charge in [-0.2, -0.15) is 0 Å². The van der Waals surface area contributed by atoms with E-state index in [0.29, 0.717) is 0 Å². The van der Waals surface area contributed by atoms with E-state index in [9.17, 15) is 9.59 Å². The average molecular weight is 188 g/mol. The van der Waals surface area contributed by atoms with Gasteiger partial charge in [0.1, 0.15) is 6.10 Å². The lowest BCUT2D eigenvalue weighted by Crippen LogP contribution is -2.35. The summed E-state index contributed by atoms with van der Waals surface area (Å²) in [5.74, 6) is -1.35. The van der Waals surface area contributed by atoms with Gasteiger partial charge in [-0.05, 0) is 0 Å². The fraction of sp³-hybridized carbons (Fsp3) is 0.429. The molecule has 0 aliphatic heterocycles. The summed E-state index contributed by atoms with van der Waals surface area (Å²) in [6, 6.07) is 0. The Kier molecular flexibility index (Phi) is 5.29. The van der Waals surface area contributed by atoms with Gasteiger partial charge in [0, 0.05) is 18.8 Å². The number of aliphatic hydroxyl groups excluding tert-OH is 1. The van der Waals surface area contributed by atoms with E-state index >= 15 is 0 Å². The minimum atomic E-state index is -1.26. The highest BCUT2D eigenvalue weighted by Crippen LogP contribution is 1.79. The highest BCUT2D eigenvalue weighted by Gasteiger charge is 2.07. The zero-order valence-corrected chi connectivity index (χ0v) is 7.19.